The molecule has 0 spiro atoms. The SMILES string of the molecule is CC(C)CNS(=O)(=O)c1ccc(C(F)(F)F)cc1C[C@@H](O)[C@@H](N)Cc1ccccc1. The highest BCUT2D eigenvalue weighted by Crippen LogP contribution is 2.32. The van der Waals surface area contributed by atoms with Crippen molar-refractivity contribution in [3.8, 4) is 0 Å². The van der Waals surface area contributed by atoms with Crippen LogP contribution in [0.4, 0.5) is 13.2 Å². The van der Waals surface area contributed by atoms with E-state index in [0.717, 1.165) is 23.8 Å². The third-order valence-electron chi connectivity index (χ3n) is 4.60. The van der Waals surface area contributed by atoms with E-state index in [0.29, 0.717) is 6.42 Å². The number of sulfonamides is 1. The van der Waals surface area contributed by atoms with Crippen LogP contribution in [0, 0.1) is 5.92 Å². The van der Waals surface area contributed by atoms with E-state index in [1.54, 1.807) is 0 Å². The predicted molar refractivity (Wildman–Crippen MR) is 109 cm³/mol. The van der Waals surface area contributed by atoms with Gasteiger partial charge in [-0.25, -0.2) is 13.1 Å². The molecule has 0 fully saturated rings. The van der Waals surface area contributed by atoms with Gasteiger partial charge in [0.25, 0.3) is 0 Å². The third kappa shape index (κ3) is 6.80. The van der Waals surface area contributed by atoms with Crippen molar-refractivity contribution in [2.45, 2.75) is 49.9 Å². The summed E-state index contributed by atoms with van der Waals surface area (Å²) < 4.78 is 67.2. The molecule has 0 saturated carbocycles. The fraction of sp³-hybridized carbons (Fsp3) is 0.429. The van der Waals surface area contributed by atoms with Gasteiger partial charge in [0.2, 0.25) is 10.0 Å². The lowest BCUT2D eigenvalue weighted by Crippen LogP contribution is -2.38. The molecule has 2 rings (SSSR count). The van der Waals surface area contributed by atoms with E-state index in [2.05, 4.69) is 4.72 Å². The monoisotopic (exact) mass is 444 g/mol. The van der Waals surface area contributed by atoms with E-state index in [1.165, 1.54) is 0 Å². The second-order valence-electron chi connectivity index (χ2n) is 7.69. The first-order valence-corrected chi connectivity index (χ1v) is 11.1. The Hall–Kier alpha value is -1.94. The fourth-order valence-corrected chi connectivity index (χ4v) is 4.37. The van der Waals surface area contributed by atoms with E-state index in [9.17, 15) is 26.7 Å². The lowest BCUT2D eigenvalue weighted by molar-refractivity contribution is -0.137. The number of halogens is 3. The van der Waals surface area contributed by atoms with Crippen molar-refractivity contribution in [3.63, 3.8) is 0 Å². The van der Waals surface area contributed by atoms with Crippen LogP contribution in [0.5, 0.6) is 0 Å². The Morgan fingerprint density at radius 2 is 1.70 bits per heavy atom. The van der Waals surface area contributed by atoms with Crippen molar-refractivity contribution < 1.29 is 26.7 Å². The zero-order chi connectivity index (χ0) is 22.5. The molecular weight excluding hydrogens is 417 g/mol. The third-order valence-corrected chi connectivity index (χ3v) is 6.12. The van der Waals surface area contributed by atoms with Gasteiger partial charge in [0.15, 0.2) is 0 Å². The smallest absolute Gasteiger partial charge is 0.391 e. The van der Waals surface area contributed by atoms with E-state index in [4.69, 9.17) is 5.73 Å². The van der Waals surface area contributed by atoms with Gasteiger partial charge >= 0.3 is 6.18 Å². The van der Waals surface area contributed by atoms with Crippen LogP contribution in [0.25, 0.3) is 0 Å². The molecule has 2 aromatic rings. The molecule has 4 N–H and O–H groups in total. The Balaban J connectivity index is 2.32. The summed E-state index contributed by atoms with van der Waals surface area (Å²) in [6, 6.07) is 10.7. The van der Waals surface area contributed by atoms with Crippen LogP contribution in [-0.2, 0) is 29.0 Å². The number of benzene rings is 2. The minimum Gasteiger partial charge on any atom is -0.391 e. The summed E-state index contributed by atoms with van der Waals surface area (Å²) in [6.07, 6.45) is -5.89. The van der Waals surface area contributed by atoms with Gasteiger partial charge in [-0.2, -0.15) is 13.2 Å². The van der Waals surface area contributed by atoms with Gasteiger partial charge in [0.1, 0.15) is 0 Å². The molecule has 0 aromatic heterocycles. The fourth-order valence-electron chi connectivity index (χ4n) is 2.93. The lowest BCUT2D eigenvalue weighted by Gasteiger charge is -2.21. The summed E-state index contributed by atoms with van der Waals surface area (Å²) in [5, 5.41) is 10.5. The Kier molecular flexibility index (Phi) is 8.04. The normalized spacial score (nSPS) is 14.7. The van der Waals surface area contributed by atoms with Gasteiger partial charge in [-0.15, -0.1) is 0 Å². The zero-order valence-corrected chi connectivity index (χ0v) is 17.7. The molecule has 0 heterocycles. The molecule has 0 aliphatic carbocycles. The van der Waals surface area contributed by atoms with Gasteiger partial charge < -0.3 is 10.8 Å². The summed E-state index contributed by atoms with van der Waals surface area (Å²) >= 11 is 0. The summed E-state index contributed by atoms with van der Waals surface area (Å²) in [4.78, 5) is -0.290. The Bertz CT molecular complexity index is 932. The molecule has 0 radical (unpaired) electrons. The number of nitrogens with one attached hydrogen (secondary N) is 1. The van der Waals surface area contributed by atoms with Crippen LogP contribution in [0.15, 0.2) is 53.4 Å². The molecule has 9 heteroatoms. The van der Waals surface area contributed by atoms with Crippen molar-refractivity contribution in [1.82, 2.24) is 4.72 Å². The van der Waals surface area contributed by atoms with E-state index < -0.39 is 33.9 Å². The number of rotatable bonds is 9. The average Bonchev–Trinajstić information content (AvgIpc) is 2.66. The number of aliphatic hydroxyl groups excluding tert-OH is 1. The largest absolute Gasteiger partial charge is 0.416 e. The molecule has 2 aromatic carbocycles. The average molecular weight is 445 g/mol. The number of hydrogen-bond donors (Lipinski definition) is 3. The molecular formula is C21H27F3N2O3S. The Morgan fingerprint density at radius 1 is 1.07 bits per heavy atom. The van der Waals surface area contributed by atoms with Gasteiger partial charge in [0.05, 0.1) is 16.6 Å². The van der Waals surface area contributed by atoms with Crippen LogP contribution in [-0.4, -0.2) is 32.2 Å². The number of alkyl halides is 3. The molecule has 0 bridgehead atoms. The Labute approximate surface area is 175 Å². The molecule has 0 aliphatic rings. The lowest BCUT2D eigenvalue weighted by atomic mass is 9.96. The van der Waals surface area contributed by atoms with Crippen molar-refractivity contribution in [2.24, 2.45) is 11.7 Å². The first-order chi connectivity index (χ1) is 13.9. The number of nitrogens with two attached hydrogens (primary N) is 1. The van der Waals surface area contributed by atoms with E-state index in [-0.39, 0.29) is 29.3 Å². The summed E-state index contributed by atoms with van der Waals surface area (Å²) in [5.41, 5.74) is 5.79. The predicted octanol–water partition coefficient (Wildman–Crippen LogP) is 3.11. The molecule has 0 saturated heterocycles. The first-order valence-electron chi connectivity index (χ1n) is 9.57. The number of aliphatic hydroxyl groups is 1. The van der Waals surface area contributed by atoms with Crippen molar-refractivity contribution >= 4 is 10.0 Å². The first kappa shape index (κ1) is 24.3. The maximum atomic E-state index is 13.2. The van der Waals surface area contributed by atoms with E-state index in [1.807, 2.05) is 44.2 Å². The van der Waals surface area contributed by atoms with Crippen molar-refractivity contribution in [2.75, 3.05) is 6.54 Å². The van der Waals surface area contributed by atoms with Gasteiger partial charge in [-0.3, -0.25) is 0 Å². The summed E-state index contributed by atoms with van der Waals surface area (Å²) in [5.74, 6) is 0.0163. The zero-order valence-electron chi connectivity index (χ0n) is 16.9. The van der Waals surface area contributed by atoms with Crippen molar-refractivity contribution in [1.29, 1.82) is 0 Å². The summed E-state index contributed by atoms with van der Waals surface area (Å²) in [6.45, 7) is 3.75. The molecule has 0 amide bonds. The van der Waals surface area contributed by atoms with Crippen LogP contribution >= 0.6 is 0 Å². The number of hydrogen-bond acceptors (Lipinski definition) is 4. The molecule has 0 unspecified atom stereocenters. The highest BCUT2D eigenvalue weighted by molar-refractivity contribution is 7.89. The van der Waals surface area contributed by atoms with E-state index >= 15 is 0 Å². The maximum Gasteiger partial charge on any atom is 0.416 e. The van der Waals surface area contributed by atoms with Crippen LogP contribution in [0.2, 0.25) is 0 Å². The summed E-state index contributed by atoms with van der Waals surface area (Å²) in [7, 11) is -4.05. The standard InChI is InChI=1S/C21H27F3N2O3S/c1-14(2)13-26-30(28,29)20-9-8-17(21(22,23)24)11-16(20)12-19(27)18(25)10-15-6-4-3-5-7-15/h3-9,11,14,18-19,26-27H,10,12-13,25H2,1-2H3/t18-,19+/m0/s1. The Morgan fingerprint density at radius 3 is 2.27 bits per heavy atom. The molecule has 30 heavy (non-hydrogen) atoms. The molecule has 5 nitrogen and oxygen atoms in total. The van der Waals surface area contributed by atoms with Crippen LogP contribution < -0.4 is 10.5 Å². The molecule has 166 valence electrons. The van der Waals surface area contributed by atoms with Gasteiger partial charge in [-0.1, -0.05) is 44.2 Å². The van der Waals surface area contributed by atoms with Crippen molar-refractivity contribution in [3.05, 3.63) is 65.2 Å². The minimum absolute atomic E-state index is 0.0163. The second-order valence-corrected chi connectivity index (χ2v) is 9.43. The van der Waals surface area contributed by atoms with Crippen LogP contribution in [0.1, 0.15) is 30.5 Å². The molecule has 0 aliphatic heterocycles. The molecule has 2 atom stereocenters. The maximum absolute atomic E-state index is 13.2. The minimum atomic E-state index is -4.64. The second kappa shape index (κ2) is 9.91. The van der Waals surface area contributed by atoms with Gasteiger partial charge in [0, 0.05) is 19.0 Å². The topological polar surface area (TPSA) is 92.4 Å². The quantitative estimate of drug-likeness (QED) is 0.554. The highest BCUT2D eigenvalue weighted by Gasteiger charge is 2.33. The highest BCUT2D eigenvalue weighted by atomic mass is 32.2. The van der Waals surface area contributed by atoms with Crippen LogP contribution in [0.3, 0.4) is 0 Å². The van der Waals surface area contributed by atoms with Gasteiger partial charge in [-0.05, 0) is 41.7 Å².